The highest BCUT2D eigenvalue weighted by Gasteiger charge is 2.23. The predicted molar refractivity (Wildman–Crippen MR) is 113 cm³/mol. The average molecular weight is 394 g/mol. The number of hydrogen-bond acceptors (Lipinski definition) is 5. The van der Waals surface area contributed by atoms with Crippen LogP contribution in [0, 0.1) is 6.92 Å². The number of anilines is 1. The van der Waals surface area contributed by atoms with Gasteiger partial charge in [-0.05, 0) is 43.2 Å². The van der Waals surface area contributed by atoms with Crippen LogP contribution in [-0.2, 0) is 11.2 Å². The Balaban J connectivity index is 1.75. The number of carbonyl (C=O) groups is 1. The minimum atomic E-state index is 0.0868. The molecule has 0 radical (unpaired) electrons. The van der Waals surface area contributed by atoms with Gasteiger partial charge in [0.2, 0.25) is 5.91 Å². The predicted octanol–water partition coefficient (Wildman–Crippen LogP) is 4.71. The van der Waals surface area contributed by atoms with E-state index in [0.717, 1.165) is 45.4 Å². The van der Waals surface area contributed by atoms with Crippen molar-refractivity contribution >= 4 is 22.9 Å². The van der Waals surface area contributed by atoms with Crippen molar-refractivity contribution in [1.29, 1.82) is 0 Å². The molecule has 0 fully saturated rings. The lowest BCUT2D eigenvalue weighted by Crippen LogP contribution is -2.25. The zero-order valence-corrected chi connectivity index (χ0v) is 17.2. The summed E-state index contributed by atoms with van der Waals surface area (Å²) >= 11 is 1.64. The van der Waals surface area contributed by atoms with Crippen LogP contribution >= 0.6 is 11.3 Å². The van der Waals surface area contributed by atoms with Crippen LogP contribution in [-0.4, -0.2) is 31.7 Å². The van der Waals surface area contributed by atoms with Gasteiger partial charge in [0.15, 0.2) is 11.5 Å². The van der Waals surface area contributed by atoms with Crippen molar-refractivity contribution in [2.75, 3.05) is 25.7 Å². The van der Waals surface area contributed by atoms with Gasteiger partial charge in [-0.2, -0.15) is 0 Å². The van der Waals surface area contributed by atoms with E-state index in [4.69, 9.17) is 14.5 Å². The number of thiazole rings is 1. The number of amides is 1. The Hall–Kier alpha value is -2.86. The Kier molecular flexibility index (Phi) is 4.81. The Morgan fingerprint density at radius 3 is 2.71 bits per heavy atom. The van der Waals surface area contributed by atoms with E-state index in [2.05, 4.69) is 19.1 Å². The van der Waals surface area contributed by atoms with Crippen molar-refractivity contribution in [3.8, 4) is 33.3 Å². The zero-order chi connectivity index (χ0) is 19.8. The van der Waals surface area contributed by atoms with Gasteiger partial charge >= 0.3 is 0 Å². The highest BCUT2D eigenvalue weighted by Crippen LogP contribution is 2.42. The van der Waals surface area contributed by atoms with E-state index < -0.39 is 0 Å². The molecule has 1 aromatic heterocycles. The summed E-state index contributed by atoms with van der Waals surface area (Å²) in [7, 11) is 3.28. The smallest absolute Gasteiger partial charge is 0.223 e. The SMILES string of the molecule is COc1cccc(-c2nc(-c3ccc4c(c3)CCN4C(C)=O)c(C)s2)c1OC. The maximum absolute atomic E-state index is 11.8. The topological polar surface area (TPSA) is 51.7 Å². The van der Waals surface area contributed by atoms with Crippen LogP contribution in [0.2, 0.25) is 0 Å². The molecular weight excluding hydrogens is 372 g/mol. The summed E-state index contributed by atoms with van der Waals surface area (Å²) in [5.74, 6) is 1.47. The Morgan fingerprint density at radius 1 is 1.18 bits per heavy atom. The lowest BCUT2D eigenvalue weighted by Gasteiger charge is -2.14. The van der Waals surface area contributed by atoms with E-state index in [1.54, 1.807) is 32.5 Å². The second-order valence-electron chi connectivity index (χ2n) is 6.73. The highest BCUT2D eigenvalue weighted by molar-refractivity contribution is 7.15. The lowest BCUT2D eigenvalue weighted by molar-refractivity contribution is -0.116. The molecule has 5 nitrogen and oxygen atoms in total. The second-order valence-corrected chi connectivity index (χ2v) is 7.93. The third kappa shape index (κ3) is 3.03. The standard InChI is InChI=1S/C22H22N2O3S/c1-13-20(16-8-9-18-15(12-16)10-11-24(18)14(2)25)23-22(28-13)17-6-5-7-19(26-3)21(17)27-4/h5-9,12H,10-11H2,1-4H3. The van der Waals surface area contributed by atoms with Gasteiger partial charge in [-0.1, -0.05) is 12.1 Å². The first-order valence-corrected chi connectivity index (χ1v) is 9.95. The molecule has 0 aliphatic carbocycles. The number of methoxy groups -OCH3 is 2. The maximum Gasteiger partial charge on any atom is 0.223 e. The Bertz CT molecular complexity index is 1060. The summed E-state index contributed by atoms with van der Waals surface area (Å²) in [6.07, 6.45) is 0.877. The third-order valence-electron chi connectivity index (χ3n) is 5.06. The quantitative estimate of drug-likeness (QED) is 0.643. The van der Waals surface area contributed by atoms with Gasteiger partial charge in [0.25, 0.3) is 0 Å². The molecule has 0 unspecified atom stereocenters. The molecule has 1 aliphatic rings. The van der Waals surface area contributed by atoms with Crippen LogP contribution in [0.4, 0.5) is 5.69 Å². The number of fused-ring (bicyclic) bond motifs is 1. The monoisotopic (exact) mass is 394 g/mol. The number of carbonyl (C=O) groups excluding carboxylic acids is 1. The lowest BCUT2D eigenvalue weighted by atomic mass is 10.1. The fourth-order valence-corrected chi connectivity index (χ4v) is 4.67. The molecule has 0 saturated carbocycles. The molecule has 6 heteroatoms. The van der Waals surface area contributed by atoms with Gasteiger partial charge in [-0.15, -0.1) is 11.3 Å². The Morgan fingerprint density at radius 2 is 2.00 bits per heavy atom. The number of hydrogen-bond donors (Lipinski definition) is 0. The number of rotatable bonds is 4. The first-order chi connectivity index (χ1) is 13.5. The number of para-hydroxylation sites is 1. The summed E-state index contributed by atoms with van der Waals surface area (Å²) in [6.45, 7) is 4.44. The van der Waals surface area contributed by atoms with E-state index in [9.17, 15) is 4.79 Å². The maximum atomic E-state index is 11.8. The summed E-state index contributed by atoms with van der Waals surface area (Å²) in [5, 5.41) is 0.897. The van der Waals surface area contributed by atoms with Crippen molar-refractivity contribution in [1.82, 2.24) is 4.98 Å². The van der Waals surface area contributed by atoms with E-state index in [-0.39, 0.29) is 5.91 Å². The van der Waals surface area contributed by atoms with Crippen LogP contribution in [0.3, 0.4) is 0 Å². The summed E-state index contributed by atoms with van der Waals surface area (Å²) in [4.78, 5) is 19.7. The van der Waals surface area contributed by atoms with Crippen LogP contribution in [0.25, 0.3) is 21.8 Å². The van der Waals surface area contributed by atoms with Gasteiger partial charge < -0.3 is 14.4 Å². The fourth-order valence-electron chi connectivity index (χ4n) is 3.71. The molecule has 0 bridgehead atoms. The van der Waals surface area contributed by atoms with Gasteiger partial charge in [-0.25, -0.2) is 4.98 Å². The van der Waals surface area contributed by atoms with Crippen molar-refractivity contribution in [2.45, 2.75) is 20.3 Å². The van der Waals surface area contributed by atoms with Crippen molar-refractivity contribution in [2.24, 2.45) is 0 Å². The van der Waals surface area contributed by atoms with E-state index >= 15 is 0 Å². The van der Waals surface area contributed by atoms with Crippen molar-refractivity contribution in [3.05, 3.63) is 46.8 Å². The third-order valence-corrected chi connectivity index (χ3v) is 6.06. The normalized spacial score (nSPS) is 12.8. The van der Waals surface area contributed by atoms with Crippen LogP contribution in [0.5, 0.6) is 11.5 Å². The van der Waals surface area contributed by atoms with Gasteiger partial charge in [0.1, 0.15) is 5.01 Å². The van der Waals surface area contributed by atoms with E-state index in [1.807, 2.05) is 29.2 Å². The molecule has 1 amide bonds. The van der Waals surface area contributed by atoms with Crippen LogP contribution < -0.4 is 14.4 Å². The minimum Gasteiger partial charge on any atom is -0.493 e. The number of aromatic nitrogens is 1. The molecule has 4 rings (SSSR count). The molecule has 0 atom stereocenters. The minimum absolute atomic E-state index is 0.0868. The average Bonchev–Trinajstić information content (AvgIpc) is 3.30. The van der Waals surface area contributed by atoms with Crippen molar-refractivity contribution in [3.63, 3.8) is 0 Å². The zero-order valence-electron chi connectivity index (χ0n) is 16.4. The van der Waals surface area contributed by atoms with Crippen LogP contribution in [0.15, 0.2) is 36.4 Å². The molecule has 2 aromatic carbocycles. The first kappa shape index (κ1) is 18.5. The number of nitrogens with zero attached hydrogens (tertiary/aromatic N) is 2. The summed E-state index contributed by atoms with van der Waals surface area (Å²) in [6, 6.07) is 12.1. The molecular formula is C22H22N2O3S. The number of aryl methyl sites for hydroxylation is 1. The molecule has 3 aromatic rings. The highest BCUT2D eigenvalue weighted by atomic mass is 32.1. The molecule has 28 heavy (non-hydrogen) atoms. The summed E-state index contributed by atoms with van der Waals surface area (Å²) in [5.41, 5.74) is 5.17. The molecule has 144 valence electrons. The molecule has 2 heterocycles. The summed E-state index contributed by atoms with van der Waals surface area (Å²) < 4.78 is 11.0. The van der Waals surface area contributed by atoms with Gasteiger partial charge in [0.05, 0.1) is 25.5 Å². The molecule has 0 saturated heterocycles. The van der Waals surface area contributed by atoms with E-state index in [1.165, 1.54) is 5.56 Å². The van der Waals surface area contributed by atoms with Crippen LogP contribution in [0.1, 0.15) is 17.4 Å². The van der Waals surface area contributed by atoms with Gasteiger partial charge in [-0.3, -0.25) is 4.79 Å². The Labute approximate surface area is 168 Å². The fraction of sp³-hybridized carbons (Fsp3) is 0.273. The number of ether oxygens (including phenoxy) is 2. The second kappa shape index (κ2) is 7.28. The van der Waals surface area contributed by atoms with Gasteiger partial charge in [0, 0.05) is 29.6 Å². The first-order valence-electron chi connectivity index (χ1n) is 9.13. The molecule has 0 N–H and O–H groups in total. The molecule has 1 aliphatic heterocycles. The molecule has 0 spiro atoms. The van der Waals surface area contributed by atoms with Crippen molar-refractivity contribution < 1.29 is 14.3 Å². The number of benzene rings is 2. The van der Waals surface area contributed by atoms with E-state index in [0.29, 0.717) is 11.5 Å². The largest absolute Gasteiger partial charge is 0.493 e.